The van der Waals surface area contributed by atoms with Crippen LogP contribution in [0.2, 0.25) is 0 Å². The predicted octanol–water partition coefficient (Wildman–Crippen LogP) is 1.18. The molecule has 4 nitrogen and oxygen atoms in total. The fourth-order valence-corrected chi connectivity index (χ4v) is 3.94. The fraction of sp³-hybridized carbons (Fsp3) is 1.00. The summed E-state index contributed by atoms with van der Waals surface area (Å²) < 4.78 is 30.7. The molecule has 0 saturated carbocycles. The lowest BCUT2D eigenvalue weighted by Gasteiger charge is -2.30. The summed E-state index contributed by atoms with van der Waals surface area (Å²) in [5.74, 6) is 0.199. The van der Waals surface area contributed by atoms with E-state index in [9.17, 15) is 8.42 Å². The highest BCUT2D eigenvalue weighted by Crippen LogP contribution is 2.30. The van der Waals surface area contributed by atoms with Gasteiger partial charge in [-0.05, 0) is 27.2 Å². The molecule has 1 atom stereocenters. The average Bonchev–Trinajstić information content (AvgIpc) is 2.25. The summed E-state index contributed by atoms with van der Waals surface area (Å²) in [6.07, 6.45) is 0.309. The van der Waals surface area contributed by atoms with Crippen molar-refractivity contribution in [1.82, 2.24) is 4.31 Å². The van der Waals surface area contributed by atoms with E-state index in [0.29, 0.717) is 13.0 Å². The molecule has 1 aliphatic rings. The standard InChI is InChI=1S/C9H19NO3S/c1-5-6-14(11,12)10-8(2)13-7-9(10,3)4/h8H,5-7H2,1-4H3. The summed E-state index contributed by atoms with van der Waals surface area (Å²) in [6.45, 7) is 7.90. The number of hydrogen-bond acceptors (Lipinski definition) is 3. The van der Waals surface area contributed by atoms with E-state index in [-0.39, 0.29) is 12.0 Å². The van der Waals surface area contributed by atoms with Crippen molar-refractivity contribution in [2.45, 2.75) is 45.9 Å². The van der Waals surface area contributed by atoms with Crippen molar-refractivity contribution in [3.8, 4) is 0 Å². The van der Waals surface area contributed by atoms with Crippen LogP contribution >= 0.6 is 0 Å². The number of nitrogens with zero attached hydrogens (tertiary/aromatic N) is 1. The quantitative estimate of drug-likeness (QED) is 0.719. The minimum Gasteiger partial charge on any atom is -0.360 e. The Morgan fingerprint density at radius 3 is 2.43 bits per heavy atom. The Balaban J connectivity index is 2.95. The zero-order valence-electron chi connectivity index (χ0n) is 9.28. The van der Waals surface area contributed by atoms with Gasteiger partial charge in [-0.25, -0.2) is 8.42 Å². The topological polar surface area (TPSA) is 46.6 Å². The first-order chi connectivity index (χ1) is 6.31. The summed E-state index contributed by atoms with van der Waals surface area (Å²) >= 11 is 0. The van der Waals surface area contributed by atoms with E-state index < -0.39 is 15.6 Å². The molecule has 1 fully saturated rings. The maximum atomic E-state index is 11.9. The van der Waals surface area contributed by atoms with Crippen molar-refractivity contribution in [2.24, 2.45) is 0 Å². The van der Waals surface area contributed by atoms with E-state index in [1.165, 1.54) is 4.31 Å². The SMILES string of the molecule is CCCS(=O)(=O)N1C(C)OCC1(C)C. The summed E-state index contributed by atoms with van der Waals surface area (Å²) in [5.41, 5.74) is -0.409. The predicted molar refractivity (Wildman–Crippen MR) is 55.4 cm³/mol. The highest BCUT2D eigenvalue weighted by molar-refractivity contribution is 7.89. The fourth-order valence-electron chi connectivity index (χ4n) is 1.91. The van der Waals surface area contributed by atoms with Crippen LogP contribution in [0.5, 0.6) is 0 Å². The van der Waals surface area contributed by atoms with Crippen LogP contribution in [0.3, 0.4) is 0 Å². The van der Waals surface area contributed by atoms with Gasteiger partial charge in [-0.2, -0.15) is 4.31 Å². The number of rotatable bonds is 3. The molecule has 1 heterocycles. The Morgan fingerprint density at radius 1 is 1.50 bits per heavy atom. The molecule has 0 spiro atoms. The zero-order valence-corrected chi connectivity index (χ0v) is 10.1. The highest BCUT2D eigenvalue weighted by Gasteiger charge is 2.45. The third kappa shape index (κ3) is 2.10. The van der Waals surface area contributed by atoms with Gasteiger partial charge < -0.3 is 4.74 Å². The molecule has 14 heavy (non-hydrogen) atoms. The molecule has 0 radical (unpaired) electrons. The molecule has 0 N–H and O–H groups in total. The van der Waals surface area contributed by atoms with Crippen molar-refractivity contribution < 1.29 is 13.2 Å². The lowest BCUT2D eigenvalue weighted by Crippen LogP contribution is -2.48. The first-order valence-corrected chi connectivity index (χ1v) is 6.56. The minimum atomic E-state index is -3.16. The monoisotopic (exact) mass is 221 g/mol. The van der Waals surface area contributed by atoms with Crippen LogP contribution < -0.4 is 0 Å². The Morgan fingerprint density at radius 2 is 2.07 bits per heavy atom. The highest BCUT2D eigenvalue weighted by atomic mass is 32.2. The maximum Gasteiger partial charge on any atom is 0.216 e. The average molecular weight is 221 g/mol. The van der Waals surface area contributed by atoms with E-state index in [4.69, 9.17) is 4.74 Å². The van der Waals surface area contributed by atoms with Crippen LogP contribution in [0.1, 0.15) is 34.1 Å². The van der Waals surface area contributed by atoms with Gasteiger partial charge in [0.1, 0.15) is 6.23 Å². The van der Waals surface area contributed by atoms with Crippen molar-refractivity contribution in [2.75, 3.05) is 12.4 Å². The molecule has 0 bridgehead atoms. The lowest BCUT2D eigenvalue weighted by molar-refractivity contribution is 0.0843. The molecule has 1 aliphatic heterocycles. The molecule has 0 amide bonds. The maximum absolute atomic E-state index is 11.9. The van der Waals surface area contributed by atoms with Crippen molar-refractivity contribution in [3.63, 3.8) is 0 Å². The minimum absolute atomic E-state index is 0.199. The molecular formula is C9H19NO3S. The Hall–Kier alpha value is -0.130. The molecule has 84 valence electrons. The van der Waals surface area contributed by atoms with E-state index >= 15 is 0 Å². The first-order valence-electron chi connectivity index (χ1n) is 4.95. The third-order valence-corrected chi connectivity index (χ3v) is 4.68. The van der Waals surface area contributed by atoms with Gasteiger partial charge in [0.15, 0.2) is 0 Å². The second kappa shape index (κ2) is 3.79. The van der Waals surface area contributed by atoms with Gasteiger partial charge in [0.2, 0.25) is 10.0 Å². The van der Waals surface area contributed by atoms with Crippen molar-refractivity contribution >= 4 is 10.0 Å². The van der Waals surface area contributed by atoms with Gasteiger partial charge in [-0.1, -0.05) is 6.92 Å². The molecule has 0 aromatic heterocycles. The van der Waals surface area contributed by atoms with E-state index in [0.717, 1.165) is 0 Å². The Kier molecular flexibility index (Phi) is 3.23. The van der Waals surface area contributed by atoms with Gasteiger partial charge in [0.05, 0.1) is 17.9 Å². The molecule has 1 saturated heterocycles. The van der Waals surface area contributed by atoms with Gasteiger partial charge in [-0.3, -0.25) is 0 Å². The van der Waals surface area contributed by atoms with Gasteiger partial charge in [0, 0.05) is 0 Å². The summed E-state index contributed by atoms with van der Waals surface area (Å²) in [6, 6.07) is 0. The van der Waals surface area contributed by atoms with Gasteiger partial charge in [0.25, 0.3) is 0 Å². The lowest BCUT2D eigenvalue weighted by atomic mass is 10.1. The number of ether oxygens (including phenoxy) is 1. The van der Waals surface area contributed by atoms with Crippen LogP contribution in [0.25, 0.3) is 0 Å². The second-order valence-electron chi connectivity index (χ2n) is 4.33. The van der Waals surface area contributed by atoms with Crippen LogP contribution in [-0.2, 0) is 14.8 Å². The molecule has 0 aromatic carbocycles. The summed E-state index contributed by atoms with van der Waals surface area (Å²) in [5, 5.41) is 0. The van der Waals surface area contributed by atoms with Crippen molar-refractivity contribution in [1.29, 1.82) is 0 Å². The number of sulfonamides is 1. The summed E-state index contributed by atoms with van der Waals surface area (Å²) in [7, 11) is -3.16. The molecule has 5 heteroatoms. The molecule has 1 unspecified atom stereocenters. The smallest absolute Gasteiger partial charge is 0.216 e. The second-order valence-corrected chi connectivity index (χ2v) is 6.30. The van der Waals surface area contributed by atoms with Crippen LogP contribution in [0.15, 0.2) is 0 Å². The van der Waals surface area contributed by atoms with Crippen LogP contribution in [0, 0.1) is 0 Å². The molecule has 0 aliphatic carbocycles. The Labute approximate surface area is 86.3 Å². The molecular weight excluding hydrogens is 202 g/mol. The van der Waals surface area contributed by atoms with Gasteiger partial charge >= 0.3 is 0 Å². The third-order valence-electron chi connectivity index (χ3n) is 2.37. The van der Waals surface area contributed by atoms with E-state index in [2.05, 4.69) is 0 Å². The first kappa shape index (κ1) is 11.9. The number of hydrogen-bond donors (Lipinski definition) is 0. The van der Waals surface area contributed by atoms with E-state index in [1.54, 1.807) is 6.92 Å². The Bertz CT molecular complexity index is 297. The van der Waals surface area contributed by atoms with Crippen molar-refractivity contribution in [3.05, 3.63) is 0 Å². The van der Waals surface area contributed by atoms with Crippen LogP contribution in [0.4, 0.5) is 0 Å². The molecule has 1 rings (SSSR count). The molecule has 0 aromatic rings. The van der Waals surface area contributed by atoms with Gasteiger partial charge in [-0.15, -0.1) is 0 Å². The largest absolute Gasteiger partial charge is 0.360 e. The summed E-state index contributed by atoms with van der Waals surface area (Å²) in [4.78, 5) is 0. The van der Waals surface area contributed by atoms with E-state index in [1.807, 2.05) is 20.8 Å². The zero-order chi connectivity index (χ0) is 11.0. The van der Waals surface area contributed by atoms with Crippen LogP contribution in [-0.4, -0.2) is 36.8 Å². The normalized spacial score (nSPS) is 28.1.